The summed E-state index contributed by atoms with van der Waals surface area (Å²) in [6.07, 6.45) is 2.04. The standard InChI is InChI=1S/C20H24N6O3/c1-20(9-10-21,14-7-11-25(12-8-14)19(28)29)26-13-16(17(22)27)18(24-26)23-15-5-3-2-4-6-15/h2-6,13-14H,7-9,11-12H2,1H3,(H2,22,27)(H,23,24)(H,28,29). The molecular formula is C20H24N6O3. The highest BCUT2D eigenvalue weighted by atomic mass is 16.4. The fourth-order valence-electron chi connectivity index (χ4n) is 3.83. The van der Waals surface area contributed by atoms with Crippen LogP contribution in [0.1, 0.15) is 36.5 Å². The Kier molecular flexibility index (Phi) is 5.73. The van der Waals surface area contributed by atoms with Crippen LogP contribution >= 0.6 is 0 Å². The lowest BCUT2D eigenvalue weighted by molar-refractivity contribution is 0.0799. The number of nitriles is 1. The Bertz CT molecular complexity index is 927. The monoisotopic (exact) mass is 396 g/mol. The minimum Gasteiger partial charge on any atom is -0.465 e. The molecule has 1 aromatic heterocycles. The molecule has 2 amide bonds. The largest absolute Gasteiger partial charge is 0.465 e. The van der Waals surface area contributed by atoms with Crippen LogP contribution < -0.4 is 11.1 Å². The van der Waals surface area contributed by atoms with Gasteiger partial charge in [-0.2, -0.15) is 10.4 Å². The number of piperidine rings is 1. The third kappa shape index (κ3) is 4.16. The molecule has 9 nitrogen and oxygen atoms in total. The molecule has 1 atom stereocenters. The summed E-state index contributed by atoms with van der Waals surface area (Å²) < 4.78 is 1.64. The fourth-order valence-corrected chi connectivity index (χ4v) is 3.83. The molecule has 2 heterocycles. The summed E-state index contributed by atoms with van der Waals surface area (Å²) in [7, 11) is 0. The van der Waals surface area contributed by atoms with Crippen LogP contribution in [0.2, 0.25) is 0 Å². The van der Waals surface area contributed by atoms with Gasteiger partial charge in [-0.15, -0.1) is 0 Å². The quantitative estimate of drug-likeness (QED) is 0.686. The molecule has 0 saturated carbocycles. The molecule has 0 aliphatic carbocycles. The van der Waals surface area contributed by atoms with Crippen LogP contribution in [0.4, 0.5) is 16.3 Å². The molecule has 9 heteroatoms. The van der Waals surface area contributed by atoms with Crippen molar-refractivity contribution in [2.75, 3.05) is 18.4 Å². The zero-order chi connectivity index (χ0) is 21.0. The van der Waals surface area contributed by atoms with Crippen LogP contribution in [-0.2, 0) is 5.54 Å². The maximum atomic E-state index is 12.0. The zero-order valence-electron chi connectivity index (χ0n) is 16.2. The topological polar surface area (TPSA) is 137 Å². The first-order valence-corrected chi connectivity index (χ1v) is 9.42. The van der Waals surface area contributed by atoms with Gasteiger partial charge in [0, 0.05) is 25.0 Å². The number of primary amides is 1. The number of carbonyl (C=O) groups is 2. The molecule has 152 valence electrons. The molecule has 29 heavy (non-hydrogen) atoms. The first kappa shape index (κ1) is 20.2. The van der Waals surface area contributed by atoms with Crippen molar-refractivity contribution in [2.24, 2.45) is 11.7 Å². The van der Waals surface area contributed by atoms with Crippen molar-refractivity contribution in [2.45, 2.75) is 31.7 Å². The number of benzene rings is 1. The Hall–Kier alpha value is -3.54. The summed E-state index contributed by atoms with van der Waals surface area (Å²) in [5.41, 5.74) is 5.86. The van der Waals surface area contributed by atoms with Crippen molar-refractivity contribution in [3.63, 3.8) is 0 Å². The SMILES string of the molecule is CC(CC#N)(C1CCN(C(=O)O)CC1)n1cc(C(N)=O)c(Nc2ccccc2)n1. The van der Waals surface area contributed by atoms with E-state index in [1.807, 2.05) is 37.3 Å². The van der Waals surface area contributed by atoms with Crippen LogP contribution in [-0.4, -0.2) is 44.9 Å². The molecule has 1 aromatic carbocycles. The number of likely N-dealkylation sites (tertiary alicyclic amines) is 1. The third-order valence-corrected chi connectivity index (χ3v) is 5.62. The van der Waals surface area contributed by atoms with E-state index >= 15 is 0 Å². The van der Waals surface area contributed by atoms with E-state index in [1.165, 1.54) is 4.90 Å². The number of anilines is 2. The predicted molar refractivity (Wildman–Crippen MR) is 107 cm³/mol. The van der Waals surface area contributed by atoms with E-state index in [1.54, 1.807) is 10.9 Å². The normalized spacial score (nSPS) is 16.6. The number of nitrogens with zero attached hydrogens (tertiary/aromatic N) is 4. The van der Waals surface area contributed by atoms with Gasteiger partial charge in [0.1, 0.15) is 5.56 Å². The van der Waals surface area contributed by atoms with Crippen LogP contribution in [0.15, 0.2) is 36.5 Å². The summed E-state index contributed by atoms with van der Waals surface area (Å²) >= 11 is 0. The maximum Gasteiger partial charge on any atom is 0.407 e. The van der Waals surface area contributed by atoms with Crippen molar-refractivity contribution in [3.05, 3.63) is 42.1 Å². The van der Waals surface area contributed by atoms with Gasteiger partial charge in [0.05, 0.1) is 18.0 Å². The van der Waals surface area contributed by atoms with E-state index in [2.05, 4.69) is 16.5 Å². The highest BCUT2D eigenvalue weighted by molar-refractivity contribution is 5.98. The Morgan fingerprint density at radius 2 is 2.00 bits per heavy atom. The summed E-state index contributed by atoms with van der Waals surface area (Å²) in [6.45, 7) is 2.72. The highest BCUT2D eigenvalue weighted by Crippen LogP contribution is 2.37. The van der Waals surface area contributed by atoms with E-state index in [0.29, 0.717) is 31.7 Å². The number of nitrogens with one attached hydrogen (secondary N) is 1. The average Bonchev–Trinajstić information content (AvgIpc) is 3.13. The summed E-state index contributed by atoms with van der Waals surface area (Å²) in [6, 6.07) is 11.5. The van der Waals surface area contributed by atoms with Gasteiger partial charge in [0.2, 0.25) is 0 Å². The van der Waals surface area contributed by atoms with Crippen LogP contribution in [0.5, 0.6) is 0 Å². The Morgan fingerprint density at radius 3 is 2.55 bits per heavy atom. The minimum absolute atomic E-state index is 0.0305. The Morgan fingerprint density at radius 1 is 1.34 bits per heavy atom. The molecule has 1 unspecified atom stereocenters. The fraction of sp³-hybridized carbons (Fsp3) is 0.400. The van der Waals surface area contributed by atoms with E-state index in [9.17, 15) is 20.0 Å². The molecule has 1 aliphatic rings. The number of amides is 2. The van der Waals surface area contributed by atoms with Gasteiger partial charge in [-0.3, -0.25) is 9.48 Å². The molecular weight excluding hydrogens is 372 g/mol. The first-order chi connectivity index (χ1) is 13.8. The van der Waals surface area contributed by atoms with E-state index < -0.39 is 17.5 Å². The molecule has 1 aliphatic heterocycles. The second-order valence-electron chi connectivity index (χ2n) is 7.43. The van der Waals surface area contributed by atoms with Crippen molar-refractivity contribution in [1.82, 2.24) is 14.7 Å². The van der Waals surface area contributed by atoms with Crippen LogP contribution in [0.25, 0.3) is 0 Å². The predicted octanol–water partition coefficient (Wildman–Crippen LogP) is 2.74. The Labute approximate surface area is 168 Å². The maximum absolute atomic E-state index is 12.0. The van der Waals surface area contributed by atoms with Gasteiger partial charge in [-0.05, 0) is 37.8 Å². The van der Waals surface area contributed by atoms with E-state index in [0.717, 1.165) is 5.69 Å². The van der Waals surface area contributed by atoms with E-state index in [-0.39, 0.29) is 17.9 Å². The first-order valence-electron chi connectivity index (χ1n) is 9.42. The third-order valence-electron chi connectivity index (χ3n) is 5.62. The second-order valence-corrected chi connectivity index (χ2v) is 7.43. The highest BCUT2D eigenvalue weighted by Gasteiger charge is 2.40. The molecule has 0 bridgehead atoms. The lowest BCUT2D eigenvalue weighted by Gasteiger charge is -2.41. The number of nitrogens with two attached hydrogens (primary N) is 1. The van der Waals surface area contributed by atoms with Crippen LogP contribution in [0, 0.1) is 17.2 Å². The van der Waals surface area contributed by atoms with Gasteiger partial charge in [0.25, 0.3) is 5.91 Å². The summed E-state index contributed by atoms with van der Waals surface area (Å²) in [5, 5.41) is 26.3. The van der Waals surface area contributed by atoms with Gasteiger partial charge in [0.15, 0.2) is 5.82 Å². The molecule has 0 radical (unpaired) electrons. The summed E-state index contributed by atoms with van der Waals surface area (Å²) in [4.78, 5) is 24.6. The smallest absolute Gasteiger partial charge is 0.407 e. The van der Waals surface area contributed by atoms with Gasteiger partial charge in [-0.25, -0.2) is 4.79 Å². The van der Waals surface area contributed by atoms with Gasteiger partial charge >= 0.3 is 6.09 Å². The lowest BCUT2D eigenvalue weighted by Crippen LogP contribution is -2.46. The summed E-state index contributed by atoms with van der Waals surface area (Å²) in [5.74, 6) is -0.256. The van der Waals surface area contributed by atoms with E-state index in [4.69, 9.17) is 5.73 Å². The molecule has 0 spiro atoms. The minimum atomic E-state index is -0.935. The molecule has 3 rings (SSSR count). The number of para-hydroxylation sites is 1. The van der Waals surface area contributed by atoms with Crippen LogP contribution in [0.3, 0.4) is 0 Å². The number of aromatic nitrogens is 2. The number of hydrogen-bond donors (Lipinski definition) is 3. The van der Waals surface area contributed by atoms with Crippen molar-refractivity contribution in [1.29, 1.82) is 5.26 Å². The van der Waals surface area contributed by atoms with Crippen molar-refractivity contribution in [3.8, 4) is 6.07 Å². The van der Waals surface area contributed by atoms with Crippen molar-refractivity contribution >= 4 is 23.5 Å². The second kappa shape index (κ2) is 8.22. The molecule has 2 aromatic rings. The number of rotatable bonds is 6. The zero-order valence-corrected chi connectivity index (χ0v) is 16.2. The molecule has 4 N–H and O–H groups in total. The Balaban J connectivity index is 1.93. The number of hydrogen-bond acceptors (Lipinski definition) is 5. The molecule has 1 saturated heterocycles. The average molecular weight is 396 g/mol. The molecule has 1 fully saturated rings. The van der Waals surface area contributed by atoms with Crippen molar-refractivity contribution < 1.29 is 14.7 Å². The van der Waals surface area contributed by atoms with Gasteiger partial charge < -0.3 is 21.1 Å². The van der Waals surface area contributed by atoms with Gasteiger partial charge in [-0.1, -0.05) is 18.2 Å². The lowest BCUT2D eigenvalue weighted by atomic mass is 9.77. The number of carbonyl (C=O) groups excluding carboxylic acids is 1. The number of carboxylic acid groups (broad SMARTS) is 1.